The first-order valence-corrected chi connectivity index (χ1v) is 15.2. The van der Waals surface area contributed by atoms with Gasteiger partial charge in [-0.1, -0.05) is 60.0 Å². The van der Waals surface area contributed by atoms with Crippen molar-refractivity contribution in [2.75, 3.05) is 18.6 Å². The molecule has 1 amide bonds. The Morgan fingerprint density at radius 3 is 2.67 bits per heavy atom. The minimum Gasteiger partial charge on any atom is -0.503 e. The number of hydrogen-bond donors (Lipinski definition) is 1. The number of aromatic nitrogens is 3. The number of carbonyl (C=O) groups is 2. The van der Waals surface area contributed by atoms with E-state index in [4.69, 9.17) is 9.47 Å². The number of thioether (sulfide) groups is 1. The van der Waals surface area contributed by atoms with Gasteiger partial charge in [-0.25, -0.2) is 9.37 Å². The Hall–Kier alpha value is -4.07. The molecule has 1 N–H and O–H groups in total. The Morgan fingerprint density at radius 1 is 1.19 bits per heavy atom. The molecule has 0 saturated heterocycles. The number of thiazole rings is 1. The number of nitrogens with zero attached hydrogens (tertiary/aromatic N) is 4. The van der Waals surface area contributed by atoms with E-state index in [9.17, 15) is 19.1 Å². The molecule has 1 atom stereocenters. The number of methoxy groups -OCH3 is 1. The van der Waals surface area contributed by atoms with E-state index in [-0.39, 0.29) is 23.1 Å². The van der Waals surface area contributed by atoms with Crippen LogP contribution in [0, 0.1) is 19.7 Å². The quantitative estimate of drug-likeness (QED) is 0.0876. The molecule has 1 aliphatic rings. The van der Waals surface area contributed by atoms with E-state index in [0.29, 0.717) is 48.3 Å². The summed E-state index contributed by atoms with van der Waals surface area (Å²) in [6.45, 7) is 7.39. The number of aliphatic hydroxyl groups excluding tert-OH is 1. The van der Waals surface area contributed by atoms with E-state index in [1.54, 1.807) is 56.3 Å². The Labute approximate surface area is 253 Å². The highest BCUT2D eigenvalue weighted by atomic mass is 32.2. The molecule has 1 unspecified atom stereocenters. The number of Topliss-reactive ketones (excluding diaryl/α,β-unsaturated/α-hetero) is 1. The summed E-state index contributed by atoms with van der Waals surface area (Å²) in [5, 5.41) is 20.4. The lowest BCUT2D eigenvalue weighted by Gasteiger charge is -2.24. The van der Waals surface area contributed by atoms with Crippen LogP contribution in [0.25, 0.3) is 0 Å². The summed E-state index contributed by atoms with van der Waals surface area (Å²) in [6.07, 6.45) is 1.60. The number of benzene rings is 2. The molecule has 13 heteroatoms. The molecule has 0 spiro atoms. The largest absolute Gasteiger partial charge is 0.503 e. The summed E-state index contributed by atoms with van der Waals surface area (Å²) in [6, 6.07) is 10.4. The minimum atomic E-state index is -1.05. The van der Waals surface area contributed by atoms with Gasteiger partial charge in [0.2, 0.25) is 10.9 Å². The van der Waals surface area contributed by atoms with Crippen molar-refractivity contribution in [1.82, 2.24) is 15.2 Å². The maximum Gasteiger partial charge on any atom is 0.296 e. The zero-order valence-corrected chi connectivity index (χ0v) is 25.2. The zero-order valence-electron chi connectivity index (χ0n) is 22.8. The van der Waals surface area contributed by atoms with E-state index in [1.165, 1.54) is 41.2 Å². The number of rotatable bonds is 11. The fourth-order valence-electron chi connectivity index (χ4n) is 4.45. The van der Waals surface area contributed by atoms with Crippen molar-refractivity contribution in [3.05, 3.63) is 99.0 Å². The van der Waals surface area contributed by atoms with Crippen LogP contribution in [0.2, 0.25) is 0 Å². The highest BCUT2D eigenvalue weighted by molar-refractivity contribution is 8.00. The predicted molar refractivity (Wildman–Crippen MR) is 160 cm³/mol. The van der Waals surface area contributed by atoms with Gasteiger partial charge < -0.3 is 14.6 Å². The van der Waals surface area contributed by atoms with Crippen molar-refractivity contribution < 1.29 is 28.6 Å². The van der Waals surface area contributed by atoms with Crippen molar-refractivity contribution in [2.24, 2.45) is 0 Å². The maximum absolute atomic E-state index is 14.1. The number of ether oxygens (including phenoxy) is 2. The van der Waals surface area contributed by atoms with Crippen LogP contribution in [0.4, 0.5) is 9.52 Å². The van der Waals surface area contributed by atoms with Gasteiger partial charge in [0.05, 0.1) is 34.3 Å². The van der Waals surface area contributed by atoms with Gasteiger partial charge in [-0.15, -0.1) is 21.5 Å². The highest BCUT2D eigenvalue weighted by Crippen LogP contribution is 2.46. The second-order valence-corrected chi connectivity index (χ2v) is 12.4. The van der Waals surface area contributed by atoms with Crippen LogP contribution in [0.3, 0.4) is 0 Å². The van der Waals surface area contributed by atoms with Crippen molar-refractivity contribution in [3.8, 4) is 11.5 Å². The summed E-state index contributed by atoms with van der Waals surface area (Å²) < 4.78 is 25.8. The van der Waals surface area contributed by atoms with Crippen LogP contribution in [0.1, 0.15) is 37.5 Å². The third kappa shape index (κ3) is 5.67. The molecule has 2 aromatic heterocycles. The minimum absolute atomic E-state index is 0.107. The van der Waals surface area contributed by atoms with Crippen LogP contribution in [-0.4, -0.2) is 45.7 Å². The molecule has 4 aromatic rings. The second-order valence-electron chi connectivity index (χ2n) is 9.06. The van der Waals surface area contributed by atoms with Crippen LogP contribution >= 0.6 is 34.4 Å². The van der Waals surface area contributed by atoms with Crippen LogP contribution < -0.4 is 14.4 Å². The number of carbonyl (C=O) groups excluding carboxylic acids is 2. The average molecular weight is 625 g/mol. The SMILES string of the molecule is C=CCOc1ccc(C2C(C(=O)c3sc(C)nc3C)=C(O)C(=O)N2c2nnc(SCc3ccccc3F)s2)cc1OC. The molecule has 2 aromatic carbocycles. The fraction of sp³-hybridized carbons (Fsp3) is 0.207. The molecule has 1 aliphatic heterocycles. The Bertz CT molecular complexity index is 1720. The number of anilines is 1. The maximum atomic E-state index is 14.1. The molecule has 3 heterocycles. The molecule has 5 rings (SSSR count). The van der Waals surface area contributed by atoms with Gasteiger partial charge in [-0.3, -0.25) is 14.5 Å². The molecule has 0 aliphatic carbocycles. The molecule has 0 fully saturated rings. The van der Waals surface area contributed by atoms with E-state index in [1.807, 2.05) is 0 Å². The van der Waals surface area contributed by atoms with Gasteiger partial charge in [0.15, 0.2) is 21.6 Å². The van der Waals surface area contributed by atoms with Gasteiger partial charge >= 0.3 is 0 Å². The molecular formula is C29H25FN4O5S3. The van der Waals surface area contributed by atoms with E-state index < -0.39 is 23.5 Å². The fourth-order valence-corrected chi connectivity index (χ4v) is 7.18. The van der Waals surface area contributed by atoms with E-state index in [2.05, 4.69) is 21.8 Å². The zero-order chi connectivity index (χ0) is 30.0. The molecular weight excluding hydrogens is 600 g/mol. The monoisotopic (exact) mass is 624 g/mol. The van der Waals surface area contributed by atoms with Crippen LogP contribution in [0.15, 0.2) is 70.8 Å². The standard InChI is InChI=1S/C29H25FN4O5S3/c1-5-12-39-20-11-10-17(13-21(20)38-4)23-22(24(35)26-15(2)31-16(3)41-26)25(36)27(37)34(23)28-32-33-29(42-28)40-14-18-8-6-7-9-19(18)30/h5-11,13,23,36H,1,12,14H2,2-4H3. The lowest BCUT2D eigenvalue weighted by Crippen LogP contribution is -2.31. The smallest absolute Gasteiger partial charge is 0.296 e. The number of hydrogen-bond acceptors (Lipinski definition) is 11. The number of ketones is 1. The summed E-state index contributed by atoms with van der Waals surface area (Å²) in [5.41, 5.74) is 1.38. The third-order valence-corrected chi connectivity index (χ3v) is 9.51. The first-order valence-electron chi connectivity index (χ1n) is 12.6. The van der Waals surface area contributed by atoms with Crippen molar-refractivity contribution >= 4 is 51.3 Å². The van der Waals surface area contributed by atoms with Crippen molar-refractivity contribution in [2.45, 2.75) is 30.0 Å². The number of halogens is 1. The third-order valence-electron chi connectivity index (χ3n) is 6.33. The first kappa shape index (κ1) is 29.4. The van der Waals surface area contributed by atoms with E-state index >= 15 is 0 Å². The first-order chi connectivity index (χ1) is 20.2. The second kappa shape index (κ2) is 12.4. The number of amides is 1. The van der Waals surface area contributed by atoms with Crippen molar-refractivity contribution in [3.63, 3.8) is 0 Å². The Morgan fingerprint density at radius 2 is 1.98 bits per heavy atom. The van der Waals surface area contributed by atoms with Crippen molar-refractivity contribution in [1.29, 1.82) is 0 Å². The lowest BCUT2D eigenvalue weighted by atomic mass is 9.95. The molecule has 0 bridgehead atoms. The summed E-state index contributed by atoms with van der Waals surface area (Å²) in [5.74, 6) is -1.21. The van der Waals surface area contributed by atoms with Crippen LogP contribution in [-0.2, 0) is 10.5 Å². The summed E-state index contributed by atoms with van der Waals surface area (Å²) in [4.78, 5) is 33.4. The average Bonchev–Trinajstić information content (AvgIpc) is 3.66. The molecule has 216 valence electrons. The molecule has 9 nitrogen and oxygen atoms in total. The topological polar surface area (TPSA) is 115 Å². The van der Waals surface area contributed by atoms with Gasteiger partial charge in [0, 0.05) is 5.75 Å². The van der Waals surface area contributed by atoms with Gasteiger partial charge in [-0.05, 0) is 43.2 Å². The molecule has 0 saturated carbocycles. The number of aryl methyl sites for hydroxylation is 2. The molecule has 42 heavy (non-hydrogen) atoms. The summed E-state index contributed by atoms with van der Waals surface area (Å²) >= 11 is 3.55. The molecule has 0 radical (unpaired) electrons. The Kier molecular flexibility index (Phi) is 8.71. The summed E-state index contributed by atoms with van der Waals surface area (Å²) in [7, 11) is 1.48. The normalized spacial score (nSPS) is 14.9. The Balaban J connectivity index is 1.55. The van der Waals surface area contributed by atoms with E-state index in [0.717, 1.165) is 11.3 Å². The van der Waals surface area contributed by atoms with Gasteiger partial charge in [-0.2, -0.15) is 0 Å². The predicted octanol–water partition coefficient (Wildman–Crippen LogP) is 6.40. The number of aliphatic hydroxyl groups is 1. The van der Waals surface area contributed by atoms with Gasteiger partial charge in [0.25, 0.3) is 5.91 Å². The highest BCUT2D eigenvalue weighted by Gasteiger charge is 2.47. The lowest BCUT2D eigenvalue weighted by molar-refractivity contribution is -0.117. The van der Waals surface area contributed by atoms with Crippen LogP contribution in [0.5, 0.6) is 11.5 Å². The van der Waals surface area contributed by atoms with Gasteiger partial charge in [0.1, 0.15) is 12.4 Å².